The molecule has 0 saturated carbocycles. The van der Waals surface area contributed by atoms with Gasteiger partial charge in [0.05, 0.1) is 6.10 Å². The second-order valence-corrected chi connectivity index (χ2v) is 7.85. The molecule has 7 nitrogen and oxygen atoms in total. The maximum Gasteiger partial charge on any atom is 0.249 e. The Bertz CT molecular complexity index is 564. The lowest BCUT2D eigenvalue weighted by Gasteiger charge is -2.22. The molecule has 0 aromatic carbocycles. The van der Waals surface area contributed by atoms with Crippen LogP contribution in [0.1, 0.15) is 12.8 Å². The normalized spacial score (nSPS) is 19.7. The van der Waals surface area contributed by atoms with E-state index in [1.807, 2.05) is 11.9 Å². The van der Waals surface area contributed by atoms with E-state index in [4.69, 9.17) is 10.5 Å². The SMILES string of the molecule is CN(CC1CCCO1)c1snc(N)c1S(=O)(=O)N(C)C. The van der Waals surface area contributed by atoms with Gasteiger partial charge in [0.2, 0.25) is 10.0 Å². The first kappa shape index (κ1) is 15.5. The van der Waals surface area contributed by atoms with Gasteiger partial charge in [0, 0.05) is 34.3 Å². The van der Waals surface area contributed by atoms with Crippen LogP contribution in [-0.2, 0) is 14.8 Å². The minimum absolute atomic E-state index is 0.0536. The summed E-state index contributed by atoms with van der Waals surface area (Å²) in [7, 11) is 1.20. The van der Waals surface area contributed by atoms with Crippen molar-refractivity contribution in [3.63, 3.8) is 0 Å². The topological polar surface area (TPSA) is 88.8 Å². The Morgan fingerprint density at radius 1 is 1.45 bits per heavy atom. The Morgan fingerprint density at radius 2 is 2.15 bits per heavy atom. The third-order valence-electron chi connectivity index (χ3n) is 3.24. The molecule has 20 heavy (non-hydrogen) atoms. The zero-order valence-corrected chi connectivity index (χ0v) is 13.5. The number of likely N-dealkylation sites (N-methyl/N-ethyl adjacent to an activating group) is 1. The molecule has 1 aromatic heterocycles. The molecule has 0 amide bonds. The first-order valence-electron chi connectivity index (χ1n) is 6.34. The zero-order valence-electron chi connectivity index (χ0n) is 11.9. The summed E-state index contributed by atoms with van der Waals surface area (Å²) >= 11 is 1.10. The standard InChI is InChI=1S/C11H20N4O3S2/c1-14(2)20(16,17)9-10(12)13-19-11(9)15(3)7-8-5-4-6-18-8/h8H,4-7H2,1-3H3,(H2,12,13). The average molecular weight is 320 g/mol. The first-order valence-corrected chi connectivity index (χ1v) is 8.55. The summed E-state index contributed by atoms with van der Waals surface area (Å²) in [6.07, 6.45) is 2.18. The summed E-state index contributed by atoms with van der Waals surface area (Å²) in [5, 5.41) is 0.562. The molecule has 1 aliphatic heterocycles. The molecular weight excluding hydrogens is 300 g/mol. The Morgan fingerprint density at radius 3 is 2.70 bits per heavy atom. The lowest BCUT2D eigenvalue weighted by molar-refractivity contribution is 0.116. The van der Waals surface area contributed by atoms with Crippen LogP contribution < -0.4 is 10.6 Å². The van der Waals surface area contributed by atoms with Gasteiger partial charge in [-0.3, -0.25) is 0 Å². The van der Waals surface area contributed by atoms with E-state index in [1.165, 1.54) is 14.1 Å². The Hall–Kier alpha value is -0.900. The van der Waals surface area contributed by atoms with Gasteiger partial charge in [0.1, 0.15) is 5.00 Å². The van der Waals surface area contributed by atoms with Gasteiger partial charge in [-0.05, 0) is 24.4 Å². The van der Waals surface area contributed by atoms with Crippen molar-refractivity contribution in [1.82, 2.24) is 8.68 Å². The maximum atomic E-state index is 12.3. The van der Waals surface area contributed by atoms with E-state index >= 15 is 0 Å². The van der Waals surface area contributed by atoms with Crippen molar-refractivity contribution in [2.45, 2.75) is 23.8 Å². The summed E-state index contributed by atoms with van der Waals surface area (Å²) in [6, 6.07) is 0. The molecule has 1 aromatic rings. The van der Waals surface area contributed by atoms with E-state index in [1.54, 1.807) is 0 Å². The third-order valence-corrected chi connectivity index (χ3v) is 6.23. The highest BCUT2D eigenvalue weighted by atomic mass is 32.2. The van der Waals surface area contributed by atoms with Crippen LogP contribution >= 0.6 is 11.5 Å². The number of anilines is 2. The van der Waals surface area contributed by atoms with Crippen LogP contribution in [0.15, 0.2) is 4.90 Å². The molecule has 0 radical (unpaired) electrons. The number of rotatable bonds is 5. The van der Waals surface area contributed by atoms with Gasteiger partial charge < -0.3 is 15.4 Å². The van der Waals surface area contributed by atoms with E-state index in [9.17, 15) is 8.42 Å². The largest absolute Gasteiger partial charge is 0.382 e. The van der Waals surface area contributed by atoms with Crippen LogP contribution in [0.3, 0.4) is 0 Å². The van der Waals surface area contributed by atoms with Gasteiger partial charge >= 0.3 is 0 Å². The summed E-state index contributed by atoms with van der Waals surface area (Å²) in [5.74, 6) is 0.0536. The molecule has 1 saturated heterocycles. The quantitative estimate of drug-likeness (QED) is 0.854. The zero-order chi connectivity index (χ0) is 14.9. The lowest BCUT2D eigenvalue weighted by Crippen LogP contribution is -2.30. The number of hydrogen-bond donors (Lipinski definition) is 1. The van der Waals surface area contributed by atoms with E-state index in [0.29, 0.717) is 11.5 Å². The number of nitrogens with zero attached hydrogens (tertiary/aromatic N) is 3. The van der Waals surface area contributed by atoms with Crippen LogP contribution in [-0.4, -0.2) is 57.5 Å². The molecule has 1 aliphatic rings. The van der Waals surface area contributed by atoms with Crippen molar-refractivity contribution >= 4 is 32.4 Å². The minimum Gasteiger partial charge on any atom is -0.382 e. The summed E-state index contributed by atoms with van der Waals surface area (Å²) in [5.41, 5.74) is 5.75. The van der Waals surface area contributed by atoms with Crippen molar-refractivity contribution in [1.29, 1.82) is 0 Å². The van der Waals surface area contributed by atoms with Crippen LogP contribution in [0.2, 0.25) is 0 Å². The summed E-state index contributed by atoms with van der Waals surface area (Å²) < 4.78 is 35.4. The molecule has 1 unspecified atom stereocenters. The molecule has 2 rings (SSSR count). The van der Waals surface area contributed by atoms with Gasteiger partial charge in [-0.1, -0.05) is 0 Å². The fraction of sp³-hybridized carbons (Fsp3) is 0.727. The van der Waals surface area contributed by atoms with E-state index < -0.39 is 10.0 Å². The molecule has 114 valence electrons. The van der Waals surface area contributed by atoms with Crippen LogP contribution in [0.25, 0.3) is 0 Å². The Balaban J connectivity index is 2.28. The highest BCUT2D eigenvalue weighted by molar-refractivity contribution is 7.89. The fourth-order valence-corrected chi connectivity index (χ4v) is 4.34. The molecule has 0 spiro atoms. The summed E-state index contributed by atoms with van der Waals surface area (Å²) in [4.78, 5) is 1.95. The second-order valence-electron chi connectivity index (χ2n) is 5.01. The molecule has 2 N–H and O–H groups in total. The van der Waals surface area contributed by atoms with Gasteiger partial charge in [0.15, 0.2) is 10.7 Å². The van der Waals surface area contributed by atoms with Gasteiger partial charge in [0.25, 0.3) is 0 Å². The number of hydrogen-bond acceptors (Lipinski definition) is 7. The second kappa shape index (κ2) is 5.84. The Kier molecular flexibility index (Phi) is 4.52. The number of ether oxygens (including phenoxy) is 1. The van der Waals surface area contributed by atoms with Gasteiger partial charge in [-0.15, -0.1) is 0 Å². The first-order chi connectivity index (χ1) is 9.34. The van der Waals surface area contributed by atoms with Crippen molar-refractivity contribution in [2.75, 3.05) is 44.9 Å². The van der Waals surface area contributed by atoms with Crippen molar-refractivity contribution in [2.24, 2.45) is 0 Å². The molecule has 2 heterocycles. The summed E-state index contributed by atoms with van der Waals surface area (Å²) in [6.45, 7) is 1.41. The predicted octanol–water partition coefficient (Wildman–Crippen LogP) is 0.591. The molecule has 1 atom stereocenters. The number of aromatic nitrogens is 1. The molecule has 1 fully saturated rings. The third kappa shape index (κ3) is 2.90. The van der Waals surface area contributed by atoms with Crippen molar-refractivity contribution in [3.8, 4) is 0 Å². The Labute approximate surface area is 123 Å². The maximum absolute atomic E-state index is 12.3. The minimum atomic E-state index is -3.60. The smallest absolute Gasteiger partial charge is 0.249 e. The highest BCUT2D eigenvalue weighted by Gasteiger charge is 2.30. The number of sulfonamides is 1. The molecule has 9 heteroatoms. The highest BCUT2D eigenvalue weighted by Crippen LogP contribution is 2.35. The molecule has 0 aliphatic carbocycles. The van der Waals surface area contributed by atoms with Gasteiger partial charge in [-0.25, -0.2) is 12.7 Å². The molecular formula is C11H20N4O3S2. The monoisotopic (exact) mass is 320 g/mol. The van der Waals surface area contributed by atoms with Crippen LogP contribution in [0.4, 0.5) is 10.8 Å². The number of nitrogen functional groups attached to an aromatic ring is 1. The van der Waals surface area contributed by atoms with E-state index in [0.717, 1.165) is 35.3 Å². The molecule has 0 bridgehead atoms. The number of nitrogens with two attached hydrogens (primary N) is 1. The van der Waals surface area contributed by atoms with Crippen molar-refractivity contribution < 1.29 is 13.2 Å². The van der Waals surface area contributed by atoms with E-state index in [-0.39, 0.29) is 16.8 Å². The lowest BCUT2D eigenvalue weighted by atomic mass is 10.2. The van der Waals surface area contributed by atoms with Crippen LogP contribution in [0, 0.1) is 0 Å². The van der Waals surface area contributed by atoms with E-state index in [2.05, 4.69) is 4.37 Å². The predicted molar refractivity (Wildman–Crippen MR) is 79.6 cm³/mol. The van der Waals surface area contributed by atoms with Crippen molar-refractivity contribution in [3.05, 3.63) is 0 Å². The fourth-order valence-electron chi connectivity index (χ4n) is 2.13. The van der Waals surface area contributed by atoms with Gasteiger partial charge in [-0.2, -0.15) is 4.37 Å². The van der Waals surface area contributed by atoms with Crippen LogP contribution in [0.5, 0.6) is 0 Å². The average Bonchev–Trinajstić information content (AvgIpc) is 2.98.